The van der Waals surface area contributed by atoms with Gasteiger partial charge in [0.2, 0.25) is 0 Å². The first-order valence-electron chi connectivity index (χ1n) is 10.3. The van der Waals surface area contributed by atoms with Crippen molar-refractivity contribution in [1.82, 2.24) is 4.90 Å². The summed E-state index contributed by atoms with van der Waals surface area (Å²) in [5.41, 5.74) is 0.912. The number of carbonyl (C=O) groups is 3. The minimum Gasteiger partial charge on any atom is -0.486 e. The van der Waals surface area contributed by atoms with E-state index in [-0.39, 0.29) is 36.2 Å². The second kappa shape index (κ2) is 8.43. The van der Waals surface area contributed by atoms with Gasteiger partial charge in [0.1, 0.15) is 19.0 Å². The number of likely N-dealkylation sites (N-methyl/N-ethyl adjacent to an activating group) is 1. The number of benzene rings is 1. The lowest BCUT2D eigenvalue weighted by molar-refractivity contribution is -0.158. The fraction of sp³-hybridized carbons (Fsp3) is 0.591. The Morgan fingerprint density at radius 2 is 1.79 bits per heavy atom. The summed E-state index contributed by atoms with van der Waals surface area (Å²) < 4.78 is 16.4. The number of carbonyl (C=O) groups excluding carboxylic acids is 3. The van der Waals surface area contributed by atoms with Crippen LogP contribution in [0, 0.1) is 17.8 Å². The van der Waals surface area contributed by atoms with E-state index in [1.807, 2.05) is 18.2 Å². The van der Waals surface area contributed by atoms with E-state index in [0.29, 0.717) is 49.9 Å². The first kappa shape index (κ1) is 19.7. The largest absolute Gasteiger partial charge is 0.486 e. The molecule has 0 spiro atoms. The fourth-order valence-corrected chi connectivity index (χ4v) is 4.58. The number of fused-ring (bicyclic) bond motifs is 3. The van der Waals surface area contributed by atoms with Gasteiger partial charge in [0.25, 0.3) is 5.91 Å². The highest BCUT2D eigenvalue weighted by atomic mass is 16.6. The maximum atomic E-state index is 12.4. The van der Waals surface area contributed by atoms with E-state index >= 15 is 0 Å². The minimum absolute atomic E-state index is 0.00590. The fourth-order valence-electron chi connectivity index (χ4n) is 4.58. The van der Waals surface area contributed by atoms with Crippen molar-refractivity contribution in [3.63, 3.8) is 0 Å². The van der Waals surface area contributed by atoms with Gasteiger partial charge in [-0.2, -0.15) is 0 Å². The SMILES string of the molecule is CN(Cc1ccc2c(c1)OCCO2)C(=O)COC(=O)C1CC2CCCC(C1)C2=O. The van der Waals surface area contributed by atoms with Crippen LogP contribution in [0.2, 0.25) is 0 Å². The molecule has 4 rings (SSSR count). The Morgan fingerprint density at radius 1 is 1.10 bits per heavy atom. The second-order valence-corrected chi connectivity index (χ2v) is 8.23. The van der Waals surface area contributed by atoms with Gasteiger partial charge in [-0.15, -0.1) is 0 Å². The molecule has 7 heteroatoms. The molecule has 156 valence electrons. The van der Waals surface area contributed by atoms with Crippen LogP contribution in [0.25, 0.3) is 0 Å². The van der Waals surface area contributed by atoms with Crippen molar-refractivity contribution in [2.45, 2.75) is 38.6 Å². The summed E-state index contributed by atoms with van der Waals surface area (Å²) in [4.78, 5) is 38.5. The number of nitrogens with zero attached hydrogens (tertiary/aromatic N) is 1. The normalized spacial score (nSPS) is 25.3. The summed E-state index contributed by atoms with van der Waals surface area (Å²) in [6, 6.07) is 5.59. The molecule has 0 aromatic heterocycles. The molecular formula is C22H27NO6. The van der Waals surface area contributed by atoms with Gasteiger partial charge < -0.3 is 19.1 Å². The molecule has 1 aromatic carbocycles. The summed E-state index contributed by atoms with van der Waals surface area (Å²) in [7, 11) is 1.68. The van der Waals surface area contributed by atoms with E-state index in [9.17, 15) is 14.4 Å². The molecule has 3 aliphatic rings. The first-order valence-corrected chi connectivity index (χ1v) is 10.3. The molecule has 2 bridgehead atoms. The van der Waals surface area contributed by atoms with Gasteiger partial charge in [-0.3, -0.25) is 14.4 Å². The standard InChI is InChI=1S/C22H27NO6/c1-23(12-14-5-6-18-19(9-14)28-8-7-27-18)20(24)13-29-22(26)17-10-15-3-2-4-16(11-17)21(15)25/h5-6,9,15-17H,2-4,7-8,10-13H2,1H3. The van der Waals surface area contributed by atoms with Crippen molar-refractivity contribution in [2.75, 3.05) is 26.9 Å². The maximum absolute atomic E-state index is 12.4. The minimum atomic E-state index is -0.351. The van der Waals surface area contributed by atoms with Crippen molar-refractivity contribution in [2.24, 2.45) is 17.8 Å². The molecule has 2 fully saturated rings. The van der Waals surface area contributed by atoms with Crippen LogP contribution in [-0.2, 0) is 25.7 Å². The van der Waals surface area contributed by atoms with Crippen LogP contribution < -0.4 is 9.47 Å². The lowest BCUT2D eigenvalue weighted by Crippen LogP contribution is -2.40. The van der Waals surface area contributed by atoms with Crippen LogP contribution in [0.4, 0.5) is 0 Å². The number of rotatable bonds is 5. The summed E-state index contributed by atoms with van der Waals surface area (Å²) in [6.45, 7) is 1.15. The zero-order chi connectivity index (χ0) is 20.4. The molecule has 0 saturated heterocycles. The van der Waals surface area contributed by atoms with E-state index in [2.05, 4.69) is 0 Å². The molecule has 1 amide bonds. The smallest absolute Gasteiger partial charge is 0.309 e. The quantitative estimate of drug-likeness (QED) is 0.705. The molecule has 1 aliphatic heterocycles. The molecule has 1 aromatic rings. The average molecular weight is 401 g/mol. The summed E-state index contributed by atoms with van der Waals surface area (Å²) in [5, 5.41) is 0. The lowest BCUT2D eigenvalue weighted by atomic mass is 9.67. The molecule has 1 heterocycles. The van der Waals surface area contributed by atoms with Crippen molar-refractivity contribution in [3.05, 3.63) is 23.8 Å². The Hall–Kier alpha value is -2.57. The molecule has 29 heavy (non-hydrogen) atoms. The number of Topliss-reactive ketones (excluding diaryl/α,β-unsaturated/α-hetero) is 1. The summed E-state index contributed by atoms with van der Waals surface area (Å²) >= 11 is 0. The van der Waals surface area contributed by atoms with Gasteiger partial charge in [-0.05, 0) is 43.4 Å². The van der Waals surface area contributed by atoms with Crippen molar-refractivity contribution in [1.29, 1.82) is 0 Å². The third kappa shape index (κ3) is 4.38. The van der Waals surface area contributed by atoms with Gasteiger partial charge in [0.05, 0.1) is 5.92 Å². The third-order valence-corrected chi connectivity index (χ3v) is 6.17. The molecule has 7 nitrogen and oxygen atoms in total. The predicted molar refractivity (Wildman–Crippen MR) is 103 cm³/mol. The Morgan fingerprint density at radius 3 is 2.52 bits per heavy atom. The topological polar surface area (TPSA) is 82.1 Å². The van der Waals surface area contributed by atoms with E-state index in [4.69, 9.17) is 14.2 Å². The van der Waals surface area contributed by atoms with Crippen LogP contribution in [-0.4, -0.2) is 49.4 Å². The second-order valence-electron chi connectivity index (χ2n) is 8.23. The summed E-state index contributed by atoms with van der Waals surface area (Å²) in [5.74, 6) is 0.810. The maximum Gasteiger partial charge on any atom is 0.309 e. The number of esters is 1. The Bertz CT molecular complexity index is 790. The van der Waals surface area contributed by atoms with Crippen LogP contribution in [0.15, 0.2) is 18.2 Å². The van der Waals surface area contributed by atoms with Gasteiger partial charge in [0, 0.05) is 25.4 Å². The molecular weight excluding hydrogens is 374 g/mol. The molecule has 0 radical (unpaired) electrons. The number of ether oxygens (including phenoxy) is 3. The van der Waals surface area contributed by atoms with Crippen molar-refractivity contribution < 1.29 is 28.6 Å². The Kier molecular flexibility index (Phi) is 5.74. The van der Waals surface area contributed by atoms with Gasteiger partial charge in [-0.25, -0.2) is 0 Å². The van der Waals surface area contributed by atoms with E-state index in [1.165, 1.54) is 4.90 Å². The van der Waals surface area contributed by atoms with Crippen LogP contribution in [0.1, 0.15) is 37.7 Å². The van der Waals surface area contributed by atoms with Gasteiger partial charge >= 0.3 is 5.97 Å². The van der Waals surface area contributed by atoms with Crippen LogP contribution >= 0.6 is 0 Å². The van der Waals surface area contributed by atoms with Crippen molar-refractivity contribution >= 4 is 17.7 Å². The molecule has 2 unspecified atom stereocenters. The Balaban J connectivity index is 1.27. The van der Waals surface area contributed by atoms with E-state index in [0.717, 1.165) is 24.8 Å². The highest BCUT2D eigenvalue weighted by molar-refractivity contribution is 5.88. The first-order chi connectivity index (χ1) is 14.0. The Labute approximate surface area is 170 Å². The molecule has 0 N–H and O–H groups in total. The molecule has 2 aliphatic carbocycles. The predicted octanol–water partition coefficient (Wildman–Crippen LogP) is 2.35. The third-order valence-electron chi connectivity index (χ3n) is 6.17. The number of amides is 1. The number of hydrogen-bond acceptors (Lipinski definition) is 6. The molecule has 2 atom stereocenters. The molecule has 2 saturated carbocycles. The highest BCUT2D eigenvalue weighted by Crippen LogP contribution is 2.40. The van der Waals surface area contributed by atoms with Crippen LogP contribution in [0.5, 0.6) is 11.5 Å². The van der Waals surface area contributed by atoms with Crippen molar-refractivity contribution in [3.8, 4) is 11.5 Å². The van der Waals surface area contributed by atoms with Gasteiger partial charge in [-0.1, -0.05) is 12.5 Å². The van der Waals surface area contributed by atoms with E-state index < -0.39 is 0 Å². The van der Waals surface area contributed by atoms with E-state index in [1.54, 1.807) is 7.05 Å². The zero-order valence-electron chi connectivity index (χ0n) is 16.7. The number of ketones is 1. The lowest BCUT2D eigenvalue weighted by Gasteiger charge is -2.36. The highest BCUT2D eigenvalue weighted by Gasteiger charge is 2.41. The monoisotopic (exact) mass is 401 g/mol. The zero-order valence-corrected chi connectivity index (χ0v) is 16.7. The number of hydrogen-bond donors (Lipinski definition) is 0. The summed E-state index contributed by atoms with van der Waals surface area (Å²) in [6.07, 6.45) is 3.93. The average Bonchev–Trinajstić information content (AvgIpc) is 2.71. The van der Waals surface area contributed by atoms with Gasteiger partial charge in [0.15, 0.2) is 18.1 Å². The van der Waals surface area contributed by atoms with Crippen LogP contribution in [0.3, 0.4) is 0 Å².